The van der Waals surface area contributed by atoms with Gasteiger partial charge >= 0.3 is 0 Å². The molecule has 0 bridgehead atoms. The zero-order chi connectivity index (χ0) is 13.7. The van der Waals surface area contributed by atoms with Crippen LogP contribution in [0.25, 0.3) is 0 Å². The molecule has 0 amide bonds. The highest BCUT2D eigenvalue weighted by atomic mass is 127. The standard InChI is InChI=1S/C13H25N3O3.HI/c1-10(2)7-15-12(14)16-8-11-9-18-13(19-11)3-5-17-6-4-13;/h10-11H,3-9H2,1-2H3,(H3,14,15,16);1H. The van der Waals surface area contributed by atoms with E-state index in [0.717, 1.165) is 19.4 Å². The molecular formula is C13H26IN3O3. The van der Waals surface area contributed by atoms with Gasteiger partial charge in [-0.05, 0) is 5.92 Å². The van der Waals surface area contributed by atoms with E-state index >= 15 is 0 Å². The summed E-state index contributed by atoms with van der Waals surface area (Å²) >= 11 is 0. The lowest BCUT2D eigenvalue weighted by molar-refractivity contribution is -0.210. The van der Waals surface area contributed by atoms with E-state index < -0.39 is 5.79 Å². The van der Waals surface area contributed by atoms with Crippen LogP contribution in [0.3, 0.4) is 0 Å². The molecule has 0 aromatic carbocycles. The Balaban J connectivity index is 0.00000200. The lowest BCUT2D eigenvalue weighted by atomic mass is 10.1. The van der Waals surface area contributed by atoms with Crippen molar-refractivity contribution < 1.29 is 14.2 Å². The topological polar surface area (TPSA) is 78.1 Å². The van der Waals surface area contributed by atoms with E-state index in [2.05, 4.69) is 24.2 Å². The van der Waals surface area contributed by atoms with E-state index in [4.69, 9.17) is 19.9 Å². The first-order valence-corrected chi connectivity index (χ1v) is 7.03. The summed E-state index contributed by atoms with van der Waals surface area (Å²) in [4.78, 5) is 4.26. The first-order valence-electron chi connectivity index (χ1n) is 7.03. The minimum Gasteiger partial charge on any atom is -0.381 e. The van der Waals surface area contributed by atoms with E-state index in [9.17, 15) is 0 Å². The Labute approximate surface area is 137 Å². The zero-order valence-corrected chi connectivity index (χ0v) is 14.6. The molecule has 0 saturated carbocycles. The Kier molecular flexibility index (Phi) is 7.49. The summed E-state index contributed by atoms with van der Waals surface area (Å²) in [5, 5.41) is 3.09. The molecule has 1 unspecified atom stereocenters. The third-order valence-electron chi connectivity index (χ3n) is 3.31. The highest BCUT2D eigenvalue weighted by molar-refractivity contribution is 14.0. The Bertz CT molecular complexity index is 320. The fourth-order valence-electron chi connectivity index (χ4n) is 2.22. The smallest absolute Gasteiger partial charge is 0.188 e. The number of nitrogens with one attached hydrogen (secondary N) is 1. The number of rotatable bonds is 4. The highest BCUT2D eigenvalue weighted by Crippen LogP contribution is 2.32. The molecule has 1 spiro atoms. The van der Waals surface area contributed by atoms with E-state index in [1.807, 2.05) is 0 Å². The summed E-state index contributed by atoms with van der Waals surface area (Å²) in [6.45, 7) is 7.61. The molecule has 0 aliphatic carbocycles. The van der Waals surface area contributed by atoms with Gasteiger partial charge in [0.2, 0.25) is 0 Å². The van der Waals surface area contributed by atoms with Crippen LogP contribution in [0.2, 0.25) is 0 Å². The van der Waals surface area contributed by atoms with E-state index in [1.54, 1.807) is 0 Å². The Hall–Kier alpha value is -0.120. The molecule has 2 aliphatic rings. The largest absolute Gasteiger partial charge is 0.381 e. The minimum absolute atomic E-state index is 0. The van der Waals surface area contributed by atoms with Crippen LogP contribution in [0.15, 0.2) is 4.99 Å². The van der Waals surface area contributed by atoms with Crippen molar-refractivity contribution in [2.24, 2.45) is 16.6 Å². The van der Waals surface area contributed by atoms with Crippen molar-refractivity contribution in [2.45, 2.75) is 38.6 Å². The van der Waals surface area contributed by atoms with Crippen molar-refractivity contribution in [1.82, 2.24) is 5.32 Å². The monoisotopic (exact) mass is 399 g/mol. The Morgan fingerprint density at radius 2 is 2.10 bits per heavy atom. The highest BCUT2D eigenvalue weighted by Gasteiger charge is 2.42. The van der Waals surface area contributed by atoms with Crippen LogP contribution < -0.4 is 11.1 Å². The molecule has 20 heavy (non-hydrogen) atoms. The maximum Gasteiger partial charge on any atom is 0.188 e. The van der Waals surface area contributed by atoms with Crippen molar-refractivity contribution in [3.8, 4) is 0 Å². The van der Waals surface area contributed by atoms with Crippen LogP contribution >= 0.6 is 24.0 Å². The van der Waals surface area contributed by atoms with Crippen molar-refractivity contribution >= 4 is 29.9 Å². The van der Waals surface area contributed by atoms with Crippen molar-refractivity contribution in [3.63, 3.8) is 0 Å². The van der Waals surface area contributed by atoms with Gasteiger partial charge in [0, 0.05) is 25.9 Å². The number of hydrogen-bond donors (Lipinski definition) is 2. The molecule has 2 aliphatic heterocycles. The normalized spacial score (nSPS) is 25.8. The molecule has 0 aromatic rings. The predicted molar refractivity (Wildman–Crippen MR) is 88.4 cm³/mol. The fourth-order valence-corrected chi connectivity index (χ4v) is 2.22. The van der Waals surface area contributed by atoms with Crippen LogP contribution in [0.4, 0.5) is 0 Å². The van der Waals surface area contributed by atoms with Gasteiger partial charge in [0.05, 0.1) is 19.8 Å². The molecule has 6 nitrogen and oxygen atoms in total. The lowest BCUT2D eigenvalue weighted by Gasteiger charge is -2.31. The fraction of sp³-hybridized carbons (Fsp3) is 0.923. The molecule has 2 saturated heterocycles. The molecular weight excluding hydrogens is 373 g/mol. The summed E-state index contributed by atoms with van der Waals surface area (Å²) in [5.41, 5.74) is 5.79. The summed E-state index contributed by atoms with van der Waals surface area (Å²) in [6, 6.07) is 0. The molecule has 0 aromatic heterocycles. The van der Waals surface area contributed by atoms with E-state index in [1.165, 1.54) is 0 Å². The molecule has 2 rings (SSSR count). The number of nitrogens with zero attached hydrogens (tertiary/aromatic N) is 1. The van der Waals surface area contributed by atoms with Crippen LogP contribution in [-0.4, -0.2) is 50.8 Å². The van der Waals surface area contributed by atoms with Gasteiger partial charge < -0.3 is 25.3 Å². The lowest BCUT2D eigenvalue weighted by Crippen LogP contribution is -2.41. The number of nitrogens with two attached hydrogens (primary N) is 1. The minimum atomic E-state index is -0.422. The number of aliphatic imine (C=N–C) groups is 1. The quantitative estimate of drug-likeness (QED) is 0.421. The number of halogens is 1. The van der Waals surface area contributed by atoms with Gasteiger partial charge in [0.1, 0.15) is 6.10 Å². The van der Waals surface area contributed by atoms with Gasteiger partial charge in [-0.25, -0.2) is 0 Å². The molecule has 2 heterocycles. The van der Waals surface area contributed by atoms with Crippen LogP contribution in [-0.2, 0) is 14.2 Å². The van der Waals surface area contributed by atoms with Crippen LogP contribution in [0.1, 0.15) is 26.7 Å². The Morgan fingerprint density at radius 1 is 1.40 bits per heavy atom. The first-order chi connectivity index (χ1) is 9.10. The van der Waals surface area contributed by atoms with Gasteiger partial charge in [-0.15, -0.1) is 24.0 Å². The third-order valence-corrected chi connectivity index (χ3v) is 3.31. The maximum atomic E-state index is 5.99. The number of hydrogen-bond acceptors (Lipinski definition) is 4. The first kappa shape index (κ1) is 17.9. The van der Waals surface area contributed by atoms with E-state index in [0.29, 0.717) is 38.2 Å². The van der Waals surface area contributed by atoms with E-state index in [-0.39, 0.29) is 30.1 Å². The molecule has 0 radical (unpaired) electrons. The maximum absolute atomic E-state index is 5.99. The average molecular weight is 399 g/mol. The zero-order valence-electron chi connectivity index (χ0n) is 12.3. The van der Waals surface area contributed by atoms with Gasteiger partial charge in [0.25, 0.3) is 0 Å². The predicted octanol–water partition coefficient (Wildman–Crippen LogP) is 1.09. The third kappa shape index (κ3) is 5.34. The van der Waals surface area contributed by atoms with Crippen molar-refractivity contribution in [1.29, 1.82) is 0 Å². The second-order valence-electron chi connectivity index (χ2n) is 5.57. The SMILES string of the molecule is CC(C)CN=C(N)NCC1COC2(CCOCC2)O1.I. The summed E-state index contributed by atoms with van der Waals surface area (Å²) in [6.07, 6.45) is 1.65. The second kappa shape index (κ2) is 8.35. The number of guanidine groups is 1. The van der Waals surface area contributed by atoms with Gasteiger partial charge in [-0.2, -0.15) is 0 Å². The molecule has 2 fully saturated rings. The van der Waals surface area contributed by atoms with Crippen molar-refractivity contribution in [3.05, 3.63) is 0 Å². The van der Waals surface area contributed by atoms with Gasteiger partial charge in [0.15, 0.2) is 11.7 Å². The Morgan fingerprint density at radius 3 is 2.75 bits per heavy atom. The molecule has 7 heteroatoms. The summed E-state index contributed by atoms with van der Waals surface area (Å²) in [5.74, 6) is 0.566. The number of ether oxygens (including phenoxy) is 3. The molecule has 3 N–H and O–H groups in total. The van der Waals surface area contributed by atoms with Crippen LogP contribution in [0.5, 0.6) is 0 Å². The summed E-state index contributed by atoms with van der Waals surface area (Å²) in [7, 11) is 0. The second-order valence-corrected chi connectivity index (χ2v) is 5.57. The van der Waals surface area contributed by atoms with Crippen LogP contribution in [0, 0.1) is 5.92 Å². The summed E-state index contributed by atoms with van der Waals surface area (Å²) < 4.78 is 17.1. The van der Waals surface area contributed by atoms with Crippen molar-refractivity contribution in [2.75, 3.05) is 32.9 Å². The van der Waals surface area contributed by atoms with Gasteiger partial charge in [-0.1, -0.05) is 13.8 Å². The van der Waals surface area contributed by atoms with Gasteiger partial charge in [-0.3, -0.25) is 4.99 Å². The molecule has 1 atom stereocenters. The molecule has 118 valence electrons. The average Bonchev–Trinajstić information content (AvgIpc) is 2.78.